The summed E-state index contributed by atoms with van der Waals surface area (Å²) in [6.45, 7) is 6.78. The van der Waals surface area contributed by atoms with Crippen molar-refractivity contribution in [1.82, 2.24) is 10.3 Å². The molecule has 1 heterocycles. The number of hydrogen-bond donors (Lipinski definition) is 1. The highest BCUT2D eigenvalue weighted by atomic mass is 32.2. The van der Waals surface area contributed by atoms with Crippen LogP contribution in [0.3, 0.4) is 0 Å². The predicted octanol–water partition coefficient (Wildman–Crippen LogP) is 3.77. The zero-order chi connectivity index (χ0) is 15.2. The van der Waals surface area contributed by atoms with Crippen molar-refractivity contribution in [2.75, 3.05) is 12.3 Å². The van der Waals surface area contributed by atoms with Gasteiger partial charge in [0.2, 0.25) is 5.91 Å². The fourth-order valence-corrected chi connectivity index (χ4v) is 3.58. The molecule has 0 radical (unpaired) electrons. The van der Waals surface area contributed by atoms with E-state index >= 15 is 0 Å². The van der Waals surface area contributed by atoms with Crippen LogP contribution >= 0.6 is 23.1 Å². The third-order valence-electron chi connectivity index (χ3n) is 3.12. The van der Waals surface area contributed by atoms with Gasteiger partial charge in [-0.25, -0.2) is 4.98 Å². The summed E-state index contributed by atoms with van der Waals surface area (Å²) in [6.07, 6.45) is 0. The minimum atomic E-state index is 0.0726. The molecule has 0 bridgehead atoms. The zero-order valence-electron chi connectivity index (χ0n) is 12.6. The molecular formula is C16H20N2OS2. The van der Waals surface area contributed by atoms with Gasteiger partial charge in [-0.2, -0.15) is 0 Å². The van der Waals surface area contributed by atoms with Gasteiger partial charge in [-0.1, -0.05) is 25.1 Å². The molecule has 0 spiro atoms. The van der Waals surface area contributed by atoms with Gasteiger partial charge in [-0.05, 0) is 25.5 Å². The maximum Gasteiger partial charge on any atom is 0.230 e. The van der Waals surface area contributed by atoms with E-state index in [9.17, 15) is 4.79 Å². The first-order valence-corrected chi connectivity index (χ1v) is 8.80. The summed E-state index contributed by atoms with van der Waals surface area (Å²) in [5.74, 6) is 0.786. The molecule has 112 valence electrons. The molecule has 1 atom stereocenters. The average Bonchev–Trinajstić information content (AvgIpc) is 2.90. The molecule has 0 saturated heterocycles. The van der Waals surface area contributed by atoms with Crippen molar-refractivity contribution in [3.63, 3.8) is 0 Å². The van der Waals surface area contributed by atoms with Gasteiger partial charge in [-0.3, -0.25) is 4.79 Å². The van der Waals surface area contributed by atoms with Crippen molar-refractivity contribution in [2.24, 2.45) is 0 Å². The fourth-order valence-electron chi connectivity index (χ4n) is 1.87. The Bertz CT molecular complexity index is 610. The number of thiazole rings is 1. The van der Waals surface area contributed by atoms with Crippen molar-refractivity contribution in [2.45, 2.75) is 31.6 Å². The Morgan fingerprint density at radius 3 is 2.81 bits per heavy atom. The van der Waals surface area contributed by atoms with E-state index in [1.807, 2.05) is 30.5 Å². The fraction of sp³-hybridized carbons (Fsp3) is 0.375. The SMILES string of the molecule is Cc1csc([C@H](C)CNC(=O)CSc2ccccc2C)n1. The van der Waals surface area contributed by atoms with Gasteiger partial charge in [0.15, 0.2) is 0 Å². The second-order valence-corrected chi connectivity index (χ2v) is 6.99. The lowest BCUT2D eigenvalue weighted by Gasteiger charge is -2.10. The Morgan fingerprint density at radius 1 is 1.38 bits per heavy atom. The molecule has 0 fully saturated rings. The number of nitrogens with one attached hydrogen (secondary N) is 1. The monoisotopic (exact) mass is 320 g/mol. The number of nitrogens with zero attached hydrogens (tertiary/aromatic N) is 1. The van der Waals surface area contributed by atoms with Crippen LogP contribution in [-0.2, 0) is 4.79 Å². The number of rotatable bonds is 6. The summed E-state index contributed by atoms with van der Waals surface area (Å²) in [5.41, 5.74) is 2.25. The lowest BCUT2D eigenvalue weighted by molar-refractivity contribution is -0.118. The minimum absolute atomic E-state index is 0.0726. The zero-order valence-corrected chi connectivity index (χ0v) is 14.2. The van der Waals surface area contributed by atoms with E-state index in [0.29, 0.717) is 12.3 Å². The van der Waals surface area contributed by atoms with Crippen molar-refractivity contribution in [3.05, 3.63) is 45.9 Å². The van der Waals surface area contributed by atoms with Gasteiger partial charge < -0.3 is 5.32 Å². The highest BCUT2D eigenvalue weighted by Gasteiger charge is 2.11. The molecule has 0 saturated carbocycles. The number of amides is 1. The van der Waals surface area contributed by atoms with Crippen LogP contribution in [0.2, 0.25) is 0 Å². The normalized spacial score (nSPS) is 12.1. The summed E-state index contributed by atoms with van der Waals surface area (Å²) in [7, 11) is 0. The molecule has 0 aliphatic heterocycles. The first-order chi connectivity index (χ1) is 10.1. The van der Waals surface area contributed by atoms with Crippen LogP contribution in [0.1, 0.15) is 29.1 Å². The second-order valence-electron chi connectivity index (χ2n) is 5.09. The number of thioether (sulfide) groups is 1. The maximum atomic E-state index is 11.9. The summed E-state index contributed by atoms with van der Waals surface area (Å²) in [5, 5.41) is 6.11. The summed E-state index contributed by atoms with van der Waals surface area (Å²) in [6, 6.07) is 8.12. The highest BCUT2D eigenvalue weighted by Crippen LogP contribution is 2.22. The second kappa shape index (κ2) is 7.61. The Kier molecular flexibility index (Phi) is 5.82. The number of carbonyl (C=O) groups is 1. The van der Waals surface area contributed by atoms with Crippen LogP contribution in [0.4, 0.5) is 0 Å². The summed E-state index contributed by atoms with van der Waals surface area (Å²) >= 11 is 3.24. The third-order valence-corrected chi connectivity index (χ3v) is 5.49. The van der Waals surface area contributed by atoms with Crippen LogP contribution in [0.5, 0.6) is 0 Å². The van der Waals surface area contributed by atoms with Gasteiger partial charge in [0, 0.05) is 28.4 Å². The van der Waals surface area contributed by atoms with E-state index in [2.05, 4.69) is 30.2 Å². The summed E-state index contributed by atoms with van der Waals surface area (Å²) < 4.78 is 0. The minimum Gasteiger partial charge on any atom is -0.355 e. The molecule has 3 nitrogen and oxygen atoms in total. The van der Waals surface area contributed by atoms with Crippen LogP contribution in [-0.4, -0.2) is 23.2 Å². The Hall–Kier alpha value is -1.33. The van der Waals surface area contributed by atoms with Crippen LogP contribution in [0.25, 0.3) is 0 Å². The molecule has 2 aromatic rings. The smallest absolute Gasteiger partial charge is 0.230 e. The molecule has 1 aromatic heterocycles. The molecule has 1 aromatic carbocycles. The number of hydrogen-bond acceptors (Lipinski definition) is 4. The number of benzene rings is 1. The van der Waals surface area contributed by atoms with E-state index in [0.717, 1.165) is 15.6 Å². The molecule has 0 aliphatic rings. The van der Waals surface area contributed by atoms with Crippen molar-refractivity contribution in [1.29, 1.82) is 0 Å². The standard InChI is InChI=1S/C16H20N2OS2/c1-11-6-4-5-7-14(11)20-10-15(19)17-8-12(2)16-18-13(3)9-21-16/h4-7,9,12H,8,10H2,1-3H3,(H,17,19)/t12-/m1/s1. The van der Waals surface area contributed by atoms with Crippen molar-refractivity contribution in [3.8, 4) is 0 Å². The first kappa shape index (κ1) is 16.0. The quantitative estimate of drug-likeness (QED) is 0.824. The largest absolute Gasteiger partial charge is 0.355 e. The van der Waals surface area contributed by atoms with Gasteiger partial charge >= 0.3 is 0 Å². The number of carbonyl (C=O) groups excluding carboxylic acids is 1. The Balaban J connectivity index is 1.76. The molecule has 0 unspecified atom stereocenters. The van der Waals surface area contributed by atoms with Gasteiger partial charge in [0.1, 0.15) is 0 Å². The lowest BCUT2D eigenvalue weighted by atomic mass is 10.2. The van der Waals surface area contributed by atoms with E-state index in [4.69, 9.17) is 0 Å². The van der Waals surface area contributed by atoms with Crippen molar-refractivity contribution >= 4 is 29.0 Å². The van der Waals surface area contributed by atoms with E-state index < -0.39 is 0 Å². The summed E-state index contributed by atoms with van der Waals surface area (Å²) in [4.78, 5) is 17.5. The Labute approximate surface area is 134 Å². The van der Waals surface area contributed by atoms with Crippen molar-refractivity contribution < 1.29 is 4.79 Å². The van der Waals surface area contributed by atoms with E-state index in [1.165, 1.54) is 5.56 Å². The molecule has 2 rings (SSSR count). The van der Waals surface area contributed by atoms with Gasteiger partial charge in [0.25, 0.3) is 0 Å². The first-order valence-electron chi connectivity index (χ1n) is 6.93. The average molecular weight is 320 g/mol. The topological polar surface area (TPSA) is 42.0 Å². The molecule has 1 N–H and O–H groups in total. The molecular weight excluding hydrogens is 300 g/mol. The van der Waals surface area contributed by atoms with Crippen LogP contribution in [0.15, 0.2) is 34.5 Å². The van der Waals surface area contributed by atoms with Crippen LogP contribution < -0.4 is 5.32 Å². The third kappa shape index (κ3) is 4.86. The molecule has 1 amide bonds. The number of aryl methyl sites for hydroxylation is 2. The number of aromatic nitrogens is 1. The highest BCUT2D eigenvalue weighted by molar-refractivity contribution is 8.00. The van der Waals surface area contributed by atoms with E-state index in [-0.39, 0.29) is 11.8 Å². The lowest BCUT2D eigenvalue weighted by Crippen LogP contribution is -2.28. The predicted molar refractivity (Wildman–Crippen MR) is 90.2 cm³/mol. The van der Waals surface area contributed by atoms with E-state index in [1.54, 1.807) is 23.1 Å². The van der Waals surface area contributed by atoms with Gasteiger partial charge in [0.05, 0.1) is 10.8 Å². The molecule has 21 heavy (non-hydrogen) atoms. The maximum absolute atomic E-state index is 11.9. The molecule has 5 heteroatoms. The van der Waals surface area contributed by atoms with Crippen LogP contribution in [0, 0.1) is 13.8 Å². The molecule has 0 aliphatic carbocycles. The van der Waals surface area contributed by atoms with Gasteiger partial charge in [-0.15, -0.1) is 23.1 Å². The Morgan fingerprint density at radius 2 is 2.14 bits per heavy atom.